The zero-order valence-electron chi connectivity index (χ0n) is 43.0. The molecule has 11 N–H and O–H groups in total. The molecule has 397 valence electrons. The van der Waals surface area contributed by atoms with E-state index in [4.69, 9.17) is 26.7 Å². The molecule has 1 aliphatic carbocycles. The molecular formula is C57H73N10O7Si. The average molecular weight is 1040 g/mol. The van der Waals surface area contributed by atoms with Gasteiger partial charge < -0.3 is 52.9 Å². The maximum Gasteiger partial charge on any atom is 0.243 e. The smallest absolute Gasteiger partial charge is 0.243 e. The van der Waals surface area contributed by atoms with Crippen molar-refractivity contribution in [1.82, 2.24) is 25.8 Å². The van der Waals surface area contributed by atoms with Crippen molar-refractivity contribution in [2.75, 3.05) is 51.8 Å². The number of amides is 4. The minimum atomic E-state index is -1.06. The lowest BCUT2D eigenvalue weighted by atomic mass is 9.81. The number of fused-ring (bicyclic) bond motifs is 1. The van der Waals surface area contributed by atoms with Crippen LogP contribution >= 0.6 is 0 Å². The van der Waals surface area contributed by atoms with E-state index >= 15 is 0 Å². The van der Waals surface area contributed by atoms with E-state index in [1.165, 1.54) is 0 Å². The van der Waals surface area contributed by atoms with Gasteiger partial charge in [0.2, 0.25) is 23.6 Å². The summed E-state index contributed by atoms with van der Waals surface area (Å²) in [5.41, 5.74) is 22.8. The Hall–Kier alpha value is -6.86. The van der Waals surface area contributed by atoms with Crippen LogP contribution in [0.25, 0.3) is 22.0 Å². The number of nitrogens with zero attached hydrogens (tertiary/aromatic N) is 2. The molecule has 1 unspecified atom stereocenters. The standard InChI is InChI=1S/C57H73N10O7Si/c1-73-46-22-23-49-47(33-46)43(34-62-49)31-42(19-24-51(68)41-10-7-11-44(58)32-41)53(70)66-56(75)48(30-37-13-17-40(18-14-37)39-8-3-2-4-9-39)54(71)65-50(12-5-6-25-61-57(59)60)55(72)63-35-52(69)64-45-20-15-38(16-21-45)36-67-26-28-74-29-27-67/h2-4,8-9,13-18,20-23,33-34,41-42,44,48,50,56,62H,5-7,10-12,19,24-32,35-36,58H2,1H3,(H,63,72)(H,64,69)(H,65,71)(H,66,70)(H4,59,60,61)/t41-,42-,44-,48-,50-,56?/m0/s1. The van der Waals surface area contributed by atoms with Crippen molar-refractivity contribution in [3.63, 3.8) is 0 Å². The number of H-pyrrole nitrogens is 1. The highest BCUT2D eigenvalue weighted by molar-refractivity contribution is 6.15. The maximum absolute atomic E-state index is 14.8. The third-order valence-corrected chi connectivity index (χ3v) is 14.8. The fourth-order valence-corrected chi connectivity index (χ4v) is 10.4. The Morgan fingerprint density at radius 2 is 1.57 bits per heavy atom. The number of ketones is 1. The van der Waals surface area contributed by atoms with Crippen LogP contribution in [0.15, 0.2) is 108 Å². The molecule has 4 amide bonds. The Bertz CT molecular complexity index is 2690. The van der Waals surface area contributed by atoms with E-state index in [1.807, 2.05) is 103 Å². The number of anilines is 1. The SMILES string of the molecule is COc1ccc2[nH]cc(C[C@H](CCC(=O)[C@H]3CCC[C@H](N)C3)C(=O)NC([Si])[C@@H](Cc3ccc(-c4ccccc4)cc3)C(=O)N[C@@H](CCCCN=C(N)N)C(=O)NCC(=O)Nc3ccc(CN4CCOCC4)cc3)c2c1. The zero-order chi connectivity index (χ0) is 53.1. The van der Waals surface area contributed by atoms with Gasteiger partial charge in [0.05, 0.1) is 43.0 Å². The molecule has 3 radical (unpaired) electrons. The average Bonchev–Trinajstić information content (AvgIpc) is 3.82. The normalized spacial score (nSPS) is 17.4. The Balaban J connectivity index is 1.08. The summed E-state index contributed by atoms with van der Waals surface area (Å²) >= 11 is 0. The number of carbonyl (C=O) groups is 5. The van der Waals surface area contributed by atoms with Gasteiger partial charge in [-0.1, -0.05) is 73.2 Å². The molecular weight excluding hydrogens is 965 g/mol. The largest absolute Gasteiger partial charge is 0.497 e. The van der Waals surface area contributed by atoms with E-state index in [0.717, 1.165) is 77.6 Å². The van der Waals surface area contributed by atoms with Crippen molar-refractivity contribution in [1.29, 1.82) is 0 Å². The second-order valence-corrected chi connectivity index (χ2v) is 20.5. The number of aliphatic imine (C=N–C) groups is 1. The molecule has 1 aromatic heterocycles. The Kier molecular flexibility index (Phi) is 21.0. The summed E-state index contributed by atoms with van der Waals surface area (Å²) in [6, 6.07) is 30.0. The van der Waals surface area contributed by atoms with Crippen LogP contribution in [0.1, 0.15) is 74.5 Å². The lowest BCUT2D eigenvalue weighted by Crippen LogP contribution is -2.54. The third kappa shape index (κ3) is 17.1. The highest BCUT2D eigenvalue weighted by Crippen LogP contribution is 2.30. The summed E-state index contributed by atoms with van der Waals surface area (Å²) in [4.78, 5) is 80.2. The summed E-state index contributed by atoms with van der Waals surface area (Å²) in [5.74, 6) is -2.86. The lowest BCUT2D eigenvalue weighted by molar-refractivity contribution is -0.132. The highest BCUT2D eigenvalue weighted by atomic mass is 28.1. The van der Waals surface area contributed by atoms with Crippen LogP contribution < -0.4 is 43.2 Å². The summed E-state index contributed by atoms with van der Waals surface area (Å²) in [7, 11) is 5.41. The molecule has 6 atom stereocenters. The van der Waals surface area contributed by atoms with Gasteiger partial charge in [0.1, 0.15) is 17.6 Å². The fourth-order valence-electron chi connectivity index (χ4n) is 9.96. The number of aromatic amines is 1. The Morgan fingerprint density at radius 1 is 0.840 bits per heavy atom. The van der Waals surface area contributed by atoms with Crippen molar-refractivity contribution in [3.05, 3.63) is 120 Å². The first kappa shape index (κ1) is 55.9. The summed E-state index contributed by atoms with van der Waals surface area (Å²) in [6.07, 6.45) is 7.24. The molecule has 1 saturated heterocycles. The van der Waals surface area contributed by atoms with E-state index in [-0.39, 0.29) is 61.8 Å². The van der Waals surface area contributed by atoms with Gasteiger partial charge in [-0.2, -0.15) is 0 Å². The van der Waals surface area contributed by atoms with Crippen molar-refractivity contribution in [2.45, 2.75) is 94.9 Å². The van der Waals surface area contributed by atoms with Crippen molar-refractivity contribution in [3.8, 4) is 16.9 Å². The number of rotatable bonds is 26. The number of carbonyl (C=O) groups excluding carboxylic acids is 5. The van der Waals surface area contributed by atoms with E-state index in [9.17, 15) is 24.0 Å². The molecule has 0 bridgehead atoms. The number of Topliss-reactive ketones (excluding diaryl/α,β-unsaturated/α-hetero) is 1. The van der Waals surface area contributed by atoms with Gasteiger partial charge in [0.25, 0.3) is 0 Å². The molecule has 17 nitrogen and oxygen atoms in total. The first-order valence-electron chi connectivity index (χ1n) is 26.2. The first-order valence-corrected chi connectivity index (χ1v) is 26.8. The summed E-state index contributed by atoms with van der Waals surface area (Å²) in [5, 5.41) is 12.6. The molecule has 1 saturated carbocycles. The minimum absolute atomic E-state index is 0.0192. The predicted molar refractivity (Wildman–Crippen MR) is 294 cm³/mol. The highest BCUT2D eigenvalue weighted by Gasteiger charge is 2.33. The van der Waals surface area contributed by atoms with Crippen LogP contribution in [0.2, 0.25) is 0 Å². The molecule has 2 heterocycles. The fraction of sp³-hybridized carbons (Fsp3) is 0.439. The van der Waals surface area contributed by atoms with E-state index < -0.39 is 41.3 Å². The number of nitrogens with two attached hydrogens (primary N) is 3. The number of guanidine groups is 1. The zero-order valence-corrected chi connectivity index (χ0v) is 44.0. The summed E-state index contributed by atoms with van der Waals surface area (Å²) in [6.45, 7) is 3.88. The van der Waals surface area contributed by atoms with Crippen molar-refractivity contribution in [2.24, 2.45) is 39.9 Å². The Labute approximate surface area is 443 Å². The number of morpholine rings is 1. The molecule has 5 aromatic rings. The maximum atomic E-state index is 14.8. The van der Waals surface area contributed by atoms with E-state index in [2.05, 4.69) is 46.4 Å². The van der Waals surface area contributed by atoms with Crippen LogP contribution in [-0.4, -0.2) is 120 Å². The van der Waals surface area contributed by atoms with Crippen molar-refractivity contribution >= 4 is 62.2 Å². The number of hydrogen-bond donors (Lipinski definition) is 8. The first-order chi connectivity index (χ1) is 36.3. The van der Waals surface area contributed by atoms with Crippen LogP contribution in [0, 0.1) is 17.8 Å². The number of hydrogen-bond acceptors (Lipinski definition) is 10. The van der Waals surface area contributed by atoms with Gasteiger partial charge >= 0.3 is 0 Å². The number of ether oxygens (including phenoxy) is 2. The second kappa shape index (κ2) is 28.2. The number of benzene rings is 4. The second-order valence-electron chi connectivity index (χ2n) is 19.8. The van der Waals surface area contributed by atoms with Gasteiger partial charge in [0, 0.05) is 78.9 Å². The molecule has 75 heavy (non-hydrogen) atoms. The molecule has 2 aliphatic rings. The molecule has 1 aliphatic heterocycles. The molecule has 18 heteroatoms. The van der Waals surface area contributed by atoms with Gasteiger partial charge in [-0.15, -0.1) is 0 Å². The third-order valence-electron chi connectivity index (χ3n) is 14.3. The summed E-state index contributed by atoms with van der Waals surface area (Å²) < 4.78 is 11.0. The van der Waals surface area contributed by atoms with Crippen LogP contribution in [0.3, 0.4) is 0 Å². The molecule has 2 fully saturated rings. The number of methoxy groups -OCH3 is 1. The quantitative estimate of drug-likeness (QED) is 0.0161. The van der Waals surface area contributed by atoms with Crippen LogP contribution in [0.5, 0.6) is 5.75 Å². The van der Waals surface area contributed by atoms with Gasteiger partial charge in [-0.05, 0) is 116 Å². The van der Waals surface area contributed by atoms with Crippen molar-refractivity contribution < 1.29 is 33.4 Å². The topological polar surface area (TPSA) is 261 Å². The van der Waals surface area contributed by atoms with Crippen LogP contribution in [-0.2, 0) is 48.1 Å². The van der Waals surface area contributed by atoms with E-state index in [0.29, 0.717) is 56.9 Å². The minimum Gasteiger partial charge on any atom is -0.497 e. The number of nitrogens with one attached hydrogen (secondary N) is 5. The monoisotopic (exact) mass is 1040 g/mol. The Morgan fingerprint density at radius 3 is 2.29 bits per heavy atom. The predicted octanol–water partition coefficient (Wildman–Crippen LogP) is 4.85. The van der Waals surface area contributed by atoms with Gasteiger partial charge in [-0.3, -0.25) is 33.9 Å². The van der Waals surface area contributed by atoms with Gasteiger partial charge in [-0.25, -0.2) is 0 Å². The molecule has 7 rings (SSSR count). The molecule has 0 spiro atoms. The van der Waals surface area contributed by atoms with E-state index in [1.54, 1.807) is 7.11 Å². The number of unbranched alkanes of at least 4 members (excludes halogenated alkanes) is 1. The lowest BCUT2D eigenvalue weighted by Gasteiger charge is -2.29. The van der Waals surface area contributed by atoms with Gasteiger partial charge in [0.15, 0.2) is 5.96 Å². The molecule has 4 aromatic carbocycles. The van der Waals surface area contributed by atoms with Crippen LogP contribution in [0.4, 0.5) is 5.69 Å². The number of aromatic nitrogens is 1.